The van der Waals surface area contributed by atoms with E-state index in [-0.39, 0.29) is 11.6 Å². The lowest BCUT2D eigenvalue weighted by atomic mass is 10.2. The maximum absolute atomic E-state index is 12.4. The summed E-state index contributed by atoms with van der Waals surface area (Å²) in [4.78, 5) is 12.4. The summed E-state index contributed by atoms with van der Waals surface area (Å²) in [6, 6.07) is 15.2. The second-order valence-corrected chi connectivity index (χ2v) is 5.95. The molecule has 1 amide bonds. The molecular formula is C19H18N4O3. The monoisotopic (exact) mass is 350 g/mol. The Bertz CT molecular complexity index is 908. The van der Waals surface area contributed by atoms with Crippen molar-refractivity contribution in [3.05, 3.63) is 66.0 Å². The molecule has 7 heteroatoms. The molecule has 3 aromatic rings. The number of nitrogens with zero attached hydrogens (tertiary/aromatic N) is 3. The first-order valence-electron chi connectivity index (χ1n) is 8.43. The highest BCUT2D eigenvalue weighted by Crippen LogP contribution is 2.32. The molecule has 1 aliphatic rings. The fraction of sp³-hybridized carbons (Fsp3) is 0.211. The van der Waals surface area contributed by atoms with Crippen LogP contribution in [0.15, 0.2) is 54.7 Å². The Kier molecular flexibility index (Phi) is 4.51. The van der Waals surface area contributed by atoms with Crippen molar-refractivity contribution >= 4 is 11.6 Å². The number of aromatic nitrogens is 3. The molecule has 2 heterocycles. The lowest BCUT2D eigenvalue weighted by molar-refractivity contribution is 0.102. The molecule has 1 aliphatic heterocycles. The van der Waals surface area contributed by atoms with Crippen molar-refractivity contribution in [2.24, 2.45) is 0 Å². The molecule has 1 N–H and O–H groups in total. The van der Waals surface area contributed by atoms with Gasteiger partial charge in [0, 0.05) is 18.2 Å². The largest absolute Gasteiger partial charge is 0.490 e. The molecule has 2 aromatic carbocycles. The van der Waals surface area contributed by atoms with Crippen LogP contribution >= 0.6 is 0 Å². The van der Waals surface area contributed by atoms with Gasteiger partial charge in [0.15, 0.2) is 17.2 Å². The highest BCUT2D eigenvalue weighted by Gasteiger charge is 2.14. The minimum absolute atomic E-state index is 0.257. The van der Waals surface area contributed by atoms with Gasteiger partial charge in [0.05, 0.1) is 26.0 Å². The summed E-state index contributed by atoms with van der Waals surface area (Å²) in [5.74, 6) is 1.00. The first kappa shape index (κ1) is 16.1. The van der Waals surface area contributed by atoms with Crippen molar-refractivity contribution < 1.29 is 14.3 Å². The number of carbonyl (C=O) groups is 1. The summed E-state index contributed by atoms with van der Waals surface area (Å²) >= 11 is 0. The third-order valence-electron chi connectivity index (χ3n) is 3.96. The van der Waals surface area contributed by atoms with Gasteiger partial charge in [-0.15, -0.1) is 5.10 Å². The second-order valence-electron chi connectivity index (χ2n) is 5.95. The van der Waals surface area contributed by atoms with Gasteiger partial charge in [-0.05, 0) is 17.7 Å². The molecule has 132 valence electrons. The Labute approximate surface area is 150 Å². The van der Waals surface area contributed by atoms with Gasteiger partial charge in [-0.2, -0.15) is 0 Å². The molecule has 0 unspecified atom stereocenters. The number of amides is 1. The van der Waals surface area contributed by atoms with Crippen LogP contribution in [0.2, 0.25) is 0 Å². The highest BCUT2D eigenvalue weighted by molar-refractivity contribution is 6.02. The molecule has 0 saturated heterocycles. The van der Waals surface area contributed by atoms with Crippen LogP contribution in [0.4, 0.5) is 5.69 Å². The van der Waals surface area contributed by atoms with Crippen LogP contribution < -0.4 is 14.8 Å². The molecule has 0 saturated carbocycles. The van der Waals surface area contributed by atoms with Crippen molar-refractivity contribution in [2.45, 2.75) is 13.0 Å². The van der Waals surface area contributed by atoms with Crippen LogP contribution in [0, 0.1) is 0 Å². The van der Waals surface area contributed by atoms with E-state index in [0.29, 0.717) is 36.9 Å². The number of ether oxygens (including phenoxy) is 2. The van der Waals surface area contributed by atoms with E-state index in [1.165, 1.54) is 0 Å². The van der Waals surface area contributed by atoms with Crippen LogP contribution in [-0.2, 0) is 6.54 Å². The van der Waals surface area contributed by atoms with Crippen molar-refractivity contribution in [2.75, 3.05) is 18.5 Å². The molecule has 0 atom stereocenters. The molecular weight excluding hydrogens is 332 g/mol. The van der Waals surface area contributed by atoms with E-state index in [4.69, 9.17) is 9.47 Å². The van der Waals surface area contributed by atoms with Crippen LogP contribution in [0.3, 0.4) is 0 Å². The Morgan fingerprint density at radius 2 is 1.88 bits per heavy atom. The van der Waals surface area contributed by atoms with Crippen LogP contribution in [-0.4, -0.2) is 34.1 Å². The molecule has 26 heavy (non-hydrogen) atoms. The van der Waals surface area contributed by atoms with Crippen LogP contribution in [0.25, 0.3) is 0 Å². The number of hydrogen-bond acceptors (Lipinski definition) is 5. The number of hydrogen-bond donors (Lipinski definition) is 1. The van der Waals surface area contributed by atoms with E-state index in [1.54, 1.807) is 29.1 Å². The fourth-order valence-electron chi connectivity index (χ4n) is 2.69. The first-order valence-corrected chi connectivity index (χ1v) is 8.43. The lowest BCUT2D eigenvalue weighted by Crippen LogP contribution is -2.12. The lowest BCUT2D eigenvalue weighted by Gasteiger charge is -2.09. The summed E-state index contributed by atoms with van der Waals surface area (Å²) < 4.78 is 12.9. The zero-order chi connectivity index (χ0) is 17.8. The van der Waals surface area contributed by atoms with E-state index in [1.807, 2.05) is 30.3 Å². The SMILES string of the molecule is O=C(Nc1ccc2c(c1)OCCCO2)c1cn(Cc2ccccc2)nn1. The summed E-state index contributed by atoms with van der Waals surface area (Å²) in [5, 5.41) is 10.8. The van der Waals surface area contributed by atoms with E-state index in [0.717, 1.165) is 12.0 Å². The predicted octanol–water partition coefficient (Wildman–Crippen LogP) is 2.74. The molecule has 1 aromatic heterocycles. The van der Waals surface area contributed by atoms with Gasteiger partial charge >= 0.3 is 0 Å². The Balaban J connectivity index is 1.44. The number of benzene rings is 2. The third kappa shape index (κ3) is 3.66. The topological polar surface area (TPSA) is 78.3 Å². The Morgan fingerprint density at radius 1 is 1.08 bits per heavy atom. The fourth-order valence-corrected chi connectivity index (χ4v) is 2.69. The van der Waals surface area contributed by atoms with E-state index < -0.39 is 0 Å². The first-order chi connectivity index (χ1) is 12.8. The van der Waals surface area contributed by atoms with Crippen molar-refractivity contribution in [1.29, 1.82) is 0 Å². The standard InChI is InChI=1S/C19H18N4O3/c24-19(16-13-23(22-21-16)12-14-5-2-1-3-6-14)20-15-7-8-17-18(11-15)26-10-4-9-25-17/h1-3,5-8,11,13H,4,9-10,12H2,(H,20,24). The molecule has 4 rings (SSSR count). The minimum atomic E-state index is -0.321. The summed E-state index contributed by atoms with van der Waals surface area (Å²) in [5.41, 5.74) is 1.97. The van der Waals surface area contributed by atoms with E-state index >= 15 is 0 Å². The Morgan fingerprint density at radius 3 is 2.73 bits per heavy atom. The summed E-state index contributed by atoms with van der Waals surface area (Å²) in [7, 11) is 0. The van der Waals surface area contributed by atoms with Gasteiger partial charge < -0.3 is 14.8 Å². The van der Waals surface area contributed by atoms with Crippen LogP contribution in [0.5, 0.6) is 11.5 Å². The zero-order valence-corrected chi connectivity index (χ0v) is 14.1. The molecule has 0 fully saturated rings. The number of nitrogens with one attached hydrogen (secondary N) is 1. The van der Waals surface area contributed by atoms with Gasteiger partial charge in [0.25, 0.3) is 5.91 Å². The number of fused-ring (bicyclic) bond motifs is 1. The Hall–Kier alpha value is -3.35. The minimum Gasteiger partial charge on any atom is -0.490 e. The smallest absolute Gasteiger partial charge is 0.277 e. The summed E-state index contributed by atoms with van der Waals surface area (Å²) in [6.45, 7) is 1.78. The second kappa shape index (κ2) is 7.26. The average molecular weight is 350 g/mol. The quantitative estimate of drug-likeness (QED) is 0.783. The summed E-state index contributed by atoms with van der Waals surface area (Å²) in [6.07, 6.45) is 2.46. The number of anilines is 1. The molecule has 0 radical (unpaired) electrons. The maximum atomic E-state index is 12.4. The predicted molar refractivity (Wildman–Crippen MR) is 95.6 cm³/mol. The normalized spacial score (nSPS) is 13.1. The van der Waals surface area contributed by atoms with Gasteiger partial charge in [-0.1, -0.05) is 35.5 Å². The number of carbonyl (C=O) groups excluding carboxylic acids is 1. The van der Waals surface area contributed by atoms with Gasteiger partial charge in [0.2, 0.25) is 0 Å². The number of rotatable bonds is 4. The van der Waals surface area contributed by atoms with E-state index in [9.17, 15) is 4.79 Å². The molecule has 7 nitrogen and oxygen atoms in total. The third-order valence-corrected chi connectivity index (χ3v) is 3.96. The average Bonchev–Trinajstić information content (AvgIpc) is 3.00. The van der Waals surface area contributed by atoms with Crippen LogP contribution in [0.1, 0.15) is 22.5 Å². The maximum Gasteiger partial charge on any atom is 0.277 e. The van der Waals surface area contributed by atoms with Gasteiger partial charge in [-0.3, -0.25) is 4.79 Å². The molecule has 0 aliphatic carbocycles. The van der Waals surface area contributed by atoms with Gasteiger partial charge in [0.1, 0.15) is 0 Å². The van der Waals surface area contributed by atoms with Gasteiger partial charge in [-0.25, -0.2) is 4.68 Å². The van der Waals surface area contributed by atoms with E-state index in [2.05, 4.69) is 15.6 Å². The molecule has 0 bridgehead atoms. The highest BCUT2D eigenvalue weighted by atomic mass is 16.5. The zero-order valence-electron chi connectivity index (χ0n) is 14.1. The van der Waals surface area contributed by atoms with Crippen molar-refractivity contribution in [1.82, 2.24) is 15.0 Å². The van der Waals surface area contributed by atoms with Crippen molar-refractivity contribution in [3.8, 4) is 11.5 Å². The van der Waals surface area contributed by atoms with Crippen molar-refractivity contribution in [3.63, 3.8) is 0 Å². The molecule has 0 spiro atoms.